The number of H-pyrrole nitrogens is 1. The summed E-state index contributed by atoms with van der Waals surface area (Å²) in [4.78, 5) is 23.3. The molecule has 0 spiro atoms. The Morgan fingerprint density at radius 1 is 1.47 bits per heavy atom. The molecule has 1 rings (SSSR count). The third kappa shape index (κ3) is 1.85. The third-order valence-electron chi connectivity index (χ3n) is 1.86. The SMILES string of the molecule is Cc1[nH]c(C=O)c(C(F)(F)F)c1C(N)=O. The van der Waals surface area contributed by atoms with Gasteiger partial charge in [-0.1, -0.05) is 0 Å². The zero-order chi connectivity index (χ0) is 11.8. The van der Waals surface area contributed by atoms with Gasteiger partial charge in [-0.25, -0.2) is 0 Å². The summed E-state index contributed by atoms with van der Waals surface area (Å²) in [5.74, 6) is -1.22. The first-order chi connectivity index (χ1) is 6.79. The zero-order valence-electron chi connectivity index (χ0n) is 7.61. The summed E-state index contributed by atoms with van der Waals surface area (Å²) in [6, 6.07) is 0. The molecule has 82 valence electrons. The number of hydrogen-bond donors (Lipinski definition) is 2. The summed E-state index contributed by atoms with van der Waals surface area (Å²) in [6.07, 6.45) is -4.78. The molecular weight excluding hydrogens is 213 g/mol. The van der Waals surface area contributed by atoms with Gasteiger partial charge in [-0.2, -0.15) is 13.2 Å². The van der Waals surface area contributed by atoms with Crippen molar-refractivity contribution >= 4 is 12.2 Å². The van der Waals surface area contributed by atoms with E-state index >= 15 is 0 Å². The van der Waals surface area contributed by atoms with E-state index in [9.17, 15) is 22.8 Å². The second-order valence-corrected chi connectivity index (χ2v) is 2.89. The maximum absolute atomic E-state index is 12.5. The maximum Gasteiger partial charge on any atom is 0.419 e. The summed E-state index contributed by atoms with van der Waals surface area (Å²) >= 11 is 0. The summed E-state index contributed by atoms with van der Waals surface area (Å²) in [7, 11) is 0. The molecule has 15 heavy (non-hydrogen) atoms. The molecule has 3 N–H and O–H groups in total. The van der Waals surface area contributed by atoms with Crippen LogP contribution in [-0.2, 0) is 6.18 Å². The molecule has 1 aromatic heterocycles. The number of carbonyl (C=O) groups excluding carboxylic acids is 2. The average molecular weight is 220 g/mol. The van der Waals surface area contributed by atoms with Crippen LogP contribution < -0.4 is 5.73 Å². The van der Waals surface area contributed by atoms with Crippen LogP contribution >= 0.6 is 0 Å². The number of carbonyl (C=O) groups is 2. The lowest BCUT2D eigenvalue weighted by Gasteiger charge is -2.06. The Bertz CT molecular complexity index is 420. The number of aromatic nitrogens is 1. The topological polar surface area (TPSA) is 75.9 Å². The number of hydrogen-bond acceptors (Lipinski definition) is 2. The molecule has 0 aliphatic carbocycles. The van der Waals surface area contributed by atoms with Crippen LogP contribution in [0.15, 0.2) is 0 Å². The first-order valence-electron chi connectivity index (χ1n) is 3.83. The normalized spacial score (nSPS) is 11.5. The summed E-state index contributed by atoms with van der Waals surface area (Å²) in [5, 5.41) is 0. The monoisotopic (exact) mass is 220 g/mol. The van der Waals surface area contributed by atoms with Gasteiger partial charge in [0, 0.05) is 5.69 Å². The van der Waals surface area contributed by atoms with E-state index in [0.29, 0.717) is 0 Å². The molecule has 0 atom stereocenters. The molecule has 0 saturated heterocycles. The van der Waals surface area contributed by atoms with Crippen LogP contribution in [0.3, 0.4) is 0 Å². The fourth-order valence-corrected chi connectivity index (χ4v) is 1.34. The molecule has 0 aliphatic heterocycles. The van der Waals surface area contributed by atoms with Gasteiger partial charge in [0.2, 0.25) is 0 Å². The van der Waals surface area contributed by atoms with Gasteiger partial charge in [-0.3, -0.25) is 9.59 Å². The van der Waals surface area contributed by atoms with Crippen LogP contribution in [0.1, 0.15) is 32.1 Å². The van der Waals surface area contributed by atoms with Crippen molar-refractivity contribution in [2.75, 3.05) is 0 Å². The van der Waals surface area contributed by atoms with Gasteiger partial charge in [-0.15, -0.1) is 0 Å². The van der Waals surface area contributed by atoms with Crippen molar-refractivity contribution in [3.05, 3.63) is 22.5 Å². The molecule has 0 aliphatic rings. The van der Waals surface area contributed by atoms with Crippen molar-refractivity contribution in [2.24, 2.45) is 5.73 Å². The van der Waals surface area contributed by atoms with Gasteiger partial charge in [0.05, 0.1) is 16.8 Å². The molecule has 0 saturated carbocycles. The number of alkyl halides is 3. The van der Waals surface area contributed by atoms with Gasteiger partial charge in [0.15, 0.2) is 6.29 Å². The second kappa shape index (κ2) is 3.41. The van der Waals surface area contributed by atoms with Gasteiger partial charge in [0.25, 0.3) is 5.91 Å². The fraction of sp³-hybridized carbons (Fsp3) is 0.250. The van der Waals surface area contributed by atoms with Crippen LogP contribution in [0.25, 0.3) is 0 Å². The van der Waals surface area contributed by atoms with Gasteiger partial charge < -0.3 is 10.7 Å². The number of nitrogens with one attached hydrogen (secondary N) is 1. The molecule has 0 fully saturated rings. The molecular formula is C8H7F3N2O2. The standard InChI is InChI=1S/C8H7F3N2O2/c1-3-5(7(12)15)6(8(9,10)11)4(2-14)13-3/h2,13H,1H3,(H2,12,15). The smallest absolute Gasteiger partial charge is 0.366 e. The van der Waals surface area contributed by atoms with Crippen molar-refractivity contribution in [2.45, 2.75) is 13.1 Å². The van der Waals surface area contributed by atoms with Crippen molar-refractivity contribution < 1.29 is 22.8 Å². The number of aldehydes is 1. The number of halogens is 3. The first kappa shape index (κ1) is 11.3. The lowest BCUT2D eigenvalue weighted by Crippen LogP contribution is -2.18. The van der Waals surface area contributed by atoms with E-state index < -0.39 is 28.9 Å². The first-order valence-corrected chi connectivity index (χ1v) is 3.83. The van der Waals surface area contributed by atoms with Crippen molar-refractivity contribution in [1.29, 1.82) is 0 Å². The minimum Gasteiger partial charge on any atom is -0.366 e. The molecule has 0 bridgehead atoms. The number of aryl methyl sites for hydroxylation is 1. The van der Waals surface area contributed by atoms with E-state index in [2.05, 4.69) is 4.98 Å². The maximum atomic E-state index is 12.5. The van der Waals surface area contributed by atoms with Crippen LogP contribution in [0.4, 0.5) is 13.2 Å². The highest BCUT2D eigenvalue weighted by atomic mass is 19.4. The van der Waals surface area contributed by atoms with E-state index in [0.717, 1.165) is 0 Å². The van der Waals surface area contributed by atoms with Gasteiger partial charge in [-0.05, 0) is 6.92 Å². The quantitative estimate of drug-likeness (QED) is 0.736. The molecule has 1 heterocycles. The third-order valence-corrected chi connectivity index (χ3v) is 1.86. The Morgan fingerprint density at radius 2 is 2.00 bits per heavy atom. The van der Waals surface area contributed by atoms with Gasteiger partial charge in [0.1, 0.15) is 0 Å². The molecule has 1 aromatic rings. The second-order valence-electron chi connectivity index (χ2n) is 2.89. The van der Waals surface area contributed by atoms with Crippen LogP contribution in [0.2, 0.25) is 0 Å². The Morgan fingerprint density at radius 3 is 2.33 bits per heavy atom. The Labute approximate surface area is 82.3 Å². The highest BCUT2D eigenvalue weighted by Crippen LogP contribution is 2.35. The summed E-state index contributed by atoms with van der Waals surface area (Å²) < 4.78 is 37.4. The van der Waals surface area contributed by atoms with E-state index in [-0.39, 0.29) is 12.0 Å². The zero-order valence-corrected chi connectivity index (χ0v) is 7.61. The van der Waals surface area contributed by atoms with E-state index in [1.165, 1.54) is 6.92 Å². The predicted molar refractivity (Wildman–Crippen MR) is 44.4 cm³/mol. The predicted octanol–water partition coefficient (Wildman–Crippen LogP) is 1.25. The average Bonchev–Trinajstić information content (AvgIpc) is 2.41. The summed E-state index contributed by atoms with van der Waals surface area (Å²) in [5.41, 5.74) is 2.05. The lowest BCUT2D eigenvalue weighted by molar-refractivity contribution is -0.138. The minimum absolute atomic E-state index is 0.00225. The number of amides is 1. The molecule has 0 unspecified atom stereocenters. The fourth-order valence-electron chi connectivity index (χ4n) is 1.34. The molecule has 4 nitrogen and oxygen atoms in total. The Balaban J connectivity index is 3.57. The number of nitrogens with two attached hydrogens (primary N) is 1. The molecule has 1 amide bonds. The number of primary amides is 1. The number of rotatable bonds is 2. The largest absolute Gasteiger partial charge is 0.419 e. The Hall–Kier alpha value is -1.79. The molecule has 0 aromatic carbocycles. The Kier molecular flexibility index (Phi) is 2.57. The van der Waals surface area contributed by atoms with E-state index in [4.69, 9.17) is 5.73 Å². The van der Waals surface area contributed by atoms with Crippen LogP contribution in [-0.4, -0.2) is 17.2 Å². The molecule has 7 heteroatoms. The minimum atomic E-state index is -4.79. The molecule has 0 radical (unpaired) electrons. The number of aromatic amines is 1. The lowest BCUT2D eigenvalue weighted by atomic mass is 10.1. The van der Waals surface area contributed by atoms with E-state index in [1.807, 2.05) is 0 Å². The van der Waals surface area contributed by atoms with Crippen molar-refractivity contribution in [3.8, 4) is 0 Å². The van der Waals surface area contributed by atoms with Crippen molar-refractivity contribution in [1.82, 2.24) is 4.98 Å². The summed E-state index contributed by atoms with van der Waals surface area (Å²) in [6.45, 7) is 1.24. The van der Waals surface area contributed by atoms with E-state index in [1.54, 1.807) is 0 Å². The van der Waals surface area contributed by atoms with Crippen LogP contribution in [0, 0.1) is 6.92 Å². The van der Waals surface area contributed by atoms with Crippen LogP contribution in [0.5, 0.6) is 0 Å². The van der Waals surface area contributed by atoms with Gasteiger partial charge >= 0.3 is 6.18 Å². The highest BCUT2D eigenvalue weighted by molar-refractivity contribution is 5.98. The highest BCUT2D eigenvalue weighted by Gasteiger charge is 2.40. The van der Waals surface area contributed by atoms with Crippen molar-refractivity contribution in [3.63, 3.8) is 0 Å².